The third kappa shape index (κ3) is 2.93. The highest BCUT2D eigenvalue weighted by Gasteiger charge is 2.70. The lowest BCUT2D eigenvalue weighted by molar-refractivity contribution is -0.269. The molecule has 5 nitrogen and oxygen atoms in total. The molecule has 0 aromatic carbocycles. The van der Waals surface area contributed by atoms with E-state index >= 15 is 0 Å². The maximum atomic E-state index is 14.4. The normalized spacial score (nSPS) is 44.5. The molecule has 4 aliphatic rings. The van der Waals surface area contributed by atoms with E-state index in [0.29, 0.717) is 5.92 Å². The van der Waals surface area contributed by atoms with Crippen molar-refractivity contribution in [3.63, 3.8) is 0 Å². The Hall–Kier alpha value is -0.450. The van der Waals surface area contributed by atoms with E-state index in [2.05, 4.69) is 0 Å². The Bertz CT molecular complexity index is 727. The lowest BCUT2D eigenvalue weighted by Gasteiger charge is -2.50. The Morgan fingerprint density at radius 2 is 1.64 bits per heavy atom. The van der Waals surface area contributed by atoms with Gasteiger partial charge in [0.05, 0.1) is 12.2 Å². The van der Waals surface area contributed by atoms with Crippen molar-refractivity contribution in [2.45, 2.75) is 87.5 Å². The van der Waals surface area contributed by atoms with Crippen LogP contribution in [0.4, 0.5) is 17.6 Å². The van der Waals surface area contributed by atoms with Crippen molar-refractivity contribution in [2.75, 3.05) is 0 Å². The molecule has 0 aromatic rings. The summed E-state index contributed by atoms with van der Waals surface area (Å²) < 4.78 is 99.0. The second-order valence-electron chi connectivity index (χ2n) is 9.03. The van der Waals surface area contributed by atoms with Crippen molar-refractivity contribution >= 4 is 10.1 Å². The Balaban J connectivity index is 1.54. The Kier molecular flexibility index (Phi) is 4.85. The zero-order valence-corrected chi connectivity index (χ0v) is 16.4. The van der Waals surface area contributed by atoms with Crippen LogP contribution in [0.2, 0.25) is 0 Å². The van der Waals surface area contributed by atoms with Crippen LogP contribution in [-0.4, -0.2) is 42.1 Å². The molecule has 0 amide bonds. The summed E-state index contributed by atoms with van der Waals surface area (Å²) in [4.78, 5) is 0. The van der Waals surface area contributed by atoms with Gasteiger partial charge in [-0.25, -0.2) is 0 Å². The number of alkyl halides is 4. The standard InChI is InChI=1S/C18H26F4O5S/c1-10-7-11-3-2-4-12(8-11)16(10)26-14-6-5-13(9-15(14)27-16)17(19,20)18(21,22)28(23,24)25/h10-15H,2-9H2,1H3,(H,23,24,25)/t10?,11-,12?,13?,14?,15?,16?/m0/s1. The molecule has 3 saturated carbocycles. The topological polar surface area (TPSA) is 72.8 Å². The van der Waals surface area contributed by atoms with Crippen molar-refractivity contribution in [3.05, 3.63) is 0 Å². The number of rotatable bonds is 3. The minimum atomic E-state index is -6.23. The first kappa shape index (κ1) is 20.8. The fourth-order valence-electron chi connectivity index (χ4n) is 5.96. The lowest BCUT2D eigenvalue weighted by atomic mass is 9.65. The van der Waals surface area contributed by atoms with Crippen LogP contribution in [0.1, 0.15) is 58.3 Å². The summed E-state index contributed by atoms with van der Waals surface area (Å²) in [7, 11) is -6.23. The fourth-order valence-corrected chi connectivity index (χ4v) is 6.47. The molecule has 0 aromatic heterocycles. The maximum absolute atomic E-state index is 14.4. The number of ether oxygens (including phenoxy) is 2. The monoisotopic (exact) mass is 430 g/mol. The van der Waals surface area contributed by atoms with Gasteiger partial charge in [-0.15, -0.1) is 0 Å². The molecule has 1 spiro atoms. The molecule has 1 aliphatic heterocycles. The fraction of sp³-hybridized carbons (Fsp3) is 1.00. The van der Waals surface area contributed by atoms with Crippen LogP contribution in [0.25, 0.3) is 0 Å². The quantitative estimate of drug-likeness (QED) is 0.536. The number of fused-ring (bicyclic) bond motifs is 4. The summed E-state index contributed by atoms with van der Waals surface area (Å²) in [5.41, 5.74) is 0. The third-order valence-corrected chi connectivity index (χ3v) is 8.27. The van der Waals surface area contributed by atoms with Gasteiger partial charge >= 0.3 is 21.3 Å². The molecule has 1 N–H and O–H groups in total. The summed E-state index contributed by atoms with van der Waals surface area (Å²) in [5.74, 6) is -6.80. The van der Waals surface area contributed by atoms with Crippen molar-refractivity contribution in [1.29, 1.82) is 0 Å². The number of halogens is 4. The van der Waals surface area contributed by atoms with E-state index in [0.717, 1.165) is 25.7 Å². The predicted octanol–water partition coefficient (Wildman–Crippen LogP) is 4.23. The van der Waals surface area contributed by atoms with Crippen molar-refractivity contribution < 1.29 is 40.0 Å². The van der Waals surface area contributed by atoms with Gasteiger partial charge in [0.25, 0.3) is 0 Å². The first-order valence-electron chi connectivity index (χ1n) is 9.96. The molecule has 10 heteroatoms. The summed E-state index contributed by atoms with van der Waals surface area (Å²) in [6.45, 7) is 2.03. The van der Waals surface area contributed by atoms with E-state index < -0.39 is 51.6 Å². The molecule has 3 aliphatic carbocycles. The van der Waals surface area contributed by atoms with E-state index in [1.54, 1.807) is 0 Å². The Labute approximate surface area is 161 Å². The molecule has 4 fully saturated rings. The average molecular weight is 430 g/mol. The smallest absolute Gasteiger partial charge is 0.343 e. The highest BCUT2D eigenvalue weighted by atomic mass is 32.2. The van der Waals surface area contributed by atoms with E-state index in [4.69, 9.17) is 14.0 Å². The van der Waals surface area contributed by atoms with Gasteiger partial charge < -0.3 is 9.47 Å². The molecular formula is C18H26F4O5S. The van der Waals surface area contributed by atoms with Gasteiger partial charge in [-0.2, -0.15) is 26.0 Å². The van der Waals surface area contributed by atoms with E-state index in [9.17, 15) is 26.0 Å². The van der Waals surface area contributed by atoms with Crippen LogP contribution in [0.5, 0.6) is 0 Å². The molecule has 162 valence electrons. The molecule has 1 saturated heterocycles. The van der Waals surface area contributed by atoms with Crippen LogP contribution in [0.3, 0.4) is 0 Å². The summed E-state index contributed by atoms with van der Waals surface area (Å²) in [6.07, 6.45) is 3.18. The third-order valence-electron chi connectivity index (χ3n) is 7.35. The molecular weight excluding hydrogens is 404 g/mol. The minimum Gasteiger partial charge on any atom is -0.343 e. The zero-order chi connectivity index (χ0) is 20.5. The lowest BCUT2D eigenvalue weighted by Crippen LogP contribution is -2.53. The Morgan fingerprint density at radius 1 is 0.964 bits per heavy atom. The summed E-state index contributed by atoms with van der Waals surface area (Å²) in [5, 5.41) is -5.54. The van der Waals surface area contributed by atoms with Gasteiger partial charge in [0.1, 0.15) is 0 Å². The van der Waals surface area contributed by atoms with Crippen LogP contribution in [0, 0.1) is 23.7 Å². The summed E-state index contributed by atoms with van der Waals surface area (Å²) in [6, 6.07) is 0. The first-order chi connectivity index (χ1) is 12.9. The van der Waals surface area contributed by atoms with Crippen molar-refractivity contribution in [2.24, 2.45) is 23.7 Å². The molecule has 4 rings (SSSR count). The Morgan fingerprint density at radius 3 is 2.32 bits per heavy atom. The largest absolute Gasteiger partial charge is 0.431 e. The molecule has 6 unspecified atom stereocenters. The molecule has 0 radical (unpaired) electrons. The van der Waals surface area contributed by atoms with E-state index in [1.807, 2.05) is 6.92 Å². The highest BCUT2D eigenvalue weighted by Crippen LogP contribution is 2.57. The zero-order valence-electron chi connectivity index (χ0n) is 15.6. The first-order valence-corrected chi connectivity index (χ1v) is 11.4. The van der Waals surface area contributed by atoms with Gasteiger partial charge in [0.2, 0.25) is 0 Å². The van der Waals surface area contributed by atoms with Crippen LogP contribution in [0.15, 0.2) is 0 Å². The minimum absolute atomic E-state index is 0.0837. The van der Waals surface area contributed by atoms with Crippen molar-refractivity contribution in [1.82, 2.24) is 0 Å². The van der Waals surface area contributed by atoms with E-state index in [-0.39, 0.29) is 24.7 Å². The van der Waals surface area contributed by atoms with Crippen LogP contribution >= 0.6 is 0 Å². The highest BCUT2D eigenvalue weighted by molar-refractivity contribution is 7.87. The molecule has 28 heavy (non-hydrogen) atoms. The second-order valence-corrected chi connectivity index (χ2v) is 10.5. The molecule has 1 heterocycles. The van der Waals surface area contributed by atoms with Gasteiger partial charge in [0.15, 0.2) is 5.79 Å². The maximum Gasteiger partial charge on any atom is 0.431 e. The number of hydrogen-bond acceptors (Lipinski definition) is 4. The van der Waals surface area contributed by atoms with Gasteiger partial charge in [-0.05, 0) is 44.4 Å². The number of hydrogen-bond donors (Lipinski definition) is 1. The van der Waals surface area contributed by atoms with Crippen LogP contribution < -0.4 is 0 Å². The predicted molar refractivity (Wildman–Crippen MR) is 90.5 cm³/mol. The van der Waals surface area contributed by atoms with Crippen LogP contribution in [-0.2, 0) is 19.6 Å². The van der Waals surface area contributed by atoms with Crippen molar-refractivity contribution in [3.8, 4) is 0 Å². The van der Waals surface area contributed by atoms with E-state index in [1.165, 1.54) is 6.42 Å². The van der Waals surface area contributed by atoms with Gasteiger partial charge in [0, 0.05) is 17.8 Å². The molecule has 7 atom stereocenters. The van der Waals surface area contributed by atoms with Gasteiger partial charge in [-0.1, -0.05) is 19.8 Å². The second kappa shape index (κ2) is 6.52. The summed E-state index contributed by atoms with van der Waals surface area (Å²) >= 11 is 0. The molecule has 2 bridgehead atoms. The van der Waals surface area contributed by atoms with Gasteiger partial charge in [-0.3, -0.25) is 4.55 Å². The SMILES string of the molecule is CC1C[C@@H]2CCCC(C2)C12OC1CCC(C(F)(F)C(F)(F)S(=O)(=O)O)CC1O2. The average Bonchev–Trinajstić information content (AvgIpc) is 2.99.